The molecule has 16 heteroatoms. The number of alkyl halides is 5. The zero-order chi connectivity index (χ0) is 35.5. The van der Waals surface area contributed by atoms with Crippen LogP contribution in [0.3, 0.4) is 0 Å². The normalized spacial score (nSPS) is 19.9. The average molecular weight is 695 g/mol. The van der Waals surface area contributed by atoms with Gasteiger partial charge in [0.05, 0.1) is 54.9 Å². The summed E-state index contributed by atoms with van der Waals surface area (Å²) in [5, 5.41) is 7.63. The lowest BCUT2D eigenvalue weighted by Crippen LogP contribution is -2.64. The first-order valence-electron chi connectivity index (χ1n) is 15.6. The zero-order valence-corrected chi connectivity index (χ0v) is 27.0. The van der Waals surface area contributed by atoms with Crippen LogP contribution < -0.4 is 20.7 Å². The van der Waals surface area contributed by atoms with Gasteiger partial charge in [-0.15, -0.1) is 0 Å². The van der Waals surface area contributed by atoms with Gasteiger partial charge >= 0.3 is 6.18 Å². The Morgan fingerprint density at radius 3 is 2.51 bits per heavy atom. The van der Waals surface area contributed by atoms with E-state index in [0.29, 0.717) is 32.6 Å². The summed E-state index contributed by atoms with van der Waals surface area (Å²) in [7, 11) is 2.68. The Hall–Kier alpha value is -4.49. The highest BCUT2D eigenvalue weighted by Gasteiger charge is 2.50. The second-order valence-electron chi connectivity index (χ2n) is 12.1. The van der Waals surface area contributed by atoms with Crippen molar-refractivity contribution in [2.24, 2.45) is 5.92 Å². The maximum absolute atomic E-state index is 15.6. The highest BCUT2D eigenvalue weighted by molar-refractivity contribution is 6.05. The average Bonchev–Trinajstić information content (AvgIpc) is 3.45. The van der Waals surface area contributed by atoms with Crippen molar-refractivity contribution in [3.8, 4) is 17.6 Å². The van der Waals surface area contributed by atoms with E-state index < -0.39 is 54.8 Å². The van der Waals surface area contributed by atoms with Crippen molar-refractivity contribution in [2.45, 2.75) is 50.5 Å². The molecule has 2 aromatic carbocycles. The van der Waals surface area contributed by atoms with Crippen LogP contribution in [0.2, 0.25) is 0 Å². The van der Waals surface area contributed by atoms with Crippen LogP contribution in [-0.2, 0) is 11.3 Å². The van der Waals surface area contributed by atoms with Crippen LogP contribution in [0, 0.1) is 23.6 Å². The smallest absolute Gasteiger partial charge is 0.406 e. The lowest BCUT2D eigenvalue weighted by Gasteiger charge is -2.46. The number of piperidine rings is 1. The number of amides is 2. The van der Waals surface area contributed by atoms with Crippen molar-refractivity contribution < 1.29 is 45.4 Å². The van der Waals surface area contributed by atoms with Crippen LogP contribution in [0.25, 0.3) is 11.0 Å². The Labute approximate surface area is 278 Å². The number of halogens is 6. The predicted octanol–water partition coefficient (Wildman–Crippen LogP) is 4.43. The quantitative estimate of drug-likeness (QED) is 0.237. The summed E-state index contributed by atoms with van der Waals surface area (Å²) >= 11 is 0. The number of carbonyl (C=O) groups excluding carboxylic acids is 2. The van der Waals surface area contributed by atoms with Crippen molar-refractivity contribution >= 4 is 28.5 Å². The first-order chi connectivity index (χ1) is 23.2. The third-order valence-corrected chi connectivity index (χ3v) is 8.63. The summed E-state index contributed by atoms with van der Waals surface area (Å²) in [6, 6.07) is 3.28. The van der Waals surface area contributed by atoms with Gasteiger partial charge in [0.25, 0.3) is 17.7 Å². The molecule has 3 heterocycles. The van der Waals surface area contributed by atoms with Gasteiger partial charge in [-0.2, -0.15) is 13.2 Å². The Kier molecular flexibility index (Phi) is 10.6. The van der Waals surface area contributed by atoms with Crippen molar-refractivity contribution in [2.75, 3.05) is 52.3 Å². The van der Waals surface area contributed by atoms with E-state index in [1.54, 1.807) is 11.8 Å². The molecule has 0 saturated carbocycles. The second-order valence-corrected chi connectivity index (χ2v) is 12.1. The Morgan fingerprint density at radius 2 is 1.86 bits per heavy atom. The number of benzene rings is 2. The van der Waals surface area contributed by atoms with Gasteiger partial charge in [0, 0.05) is 44.5 Å². The second kappa shape index (κ2) is 14.6. The van der Waals surface area contributed by atoms with Gasteiger partial charge < -0.3 is 30.0 Å². The van der Waals surface area contributed by atoms with Crippen LogP contribution in [0.4, 0.5) is 32.0 Å². The SMILES string of the molecule is CNC(=O)c1cc(OC)c(NCC#Cc2cc(C(=O)N[C@@H]3[C@@H](C)CN(C4CCOCC4)CC3(F)F)c3ncn(CC(F)(F)F)c3c2)cc1F. The third-order valence-electron chi connectivity index (χ3n) is 8.63. The standard InChI is InChI=1S/C33H36F6N6O4/c1-19-15-44(21-6-9-49-10-7-21)16-32(35,36)29(19)43-31(47)23-11-20(12-26-28(23)42-18-45(26)17-33(37,38)39)5-4-8-41-25-14-24(34)22(30(46)40-2)13-27(25)48-3/h11-14,18-19,21,29,41H,6-10,15-17H2,1-3H3,(H,40,46)(H,43,47)/t19-,29+/m0/s1. The van der Waals surface area contributed by atoms with Gasteiger partial charge in [0.15, 0.2) is 0 Å². The minimum Gasteiger partial charge on any atom is -0.495 e. The summed E-state index contributed by atoms with van der Waals surface area (Å²) in [6.07, 6.45) is -2.41. The molecule has 5 rings (SSSR count). The number of aromatic nitrogens is 2. The van der Waals surface area contributed by atoms with E-state index in [0.717, 1.165) is 17.0 Å². The summed E-state index contributed by atoms with van der Waals surface area (Å²) in [6.45, 7) is 0.873. The number of anilines is 1. The van der Waals surface area contributed by atoms with Gasteiger partial charge in [-0.25, -0.2) is 18.2 Å². The first kappa shape index (κ1) is 35.8. The third kappa shape index (κ3) is 8.22. The molecule has 2 aliphatic heterocycles. The number of ether oxygens (including phenoxy) is 2. The molecule has 3 N–H and O–H groups in total. The number of imidazole rings is 1. The molecule has 49 heavy (non-hydrogen) atoms. The van der Waals surface area contributed by atoms with Crippen LogP contribution in [0.15, 0.2) is 30.6 Å². The molecule has 10 nitrogen and oxygen atoms in total. The number of methoxy groups -OCH3 is 1. The number of rotatable bonds is 8. The molecule has 2 fully saturated rings. The molecule has 0 bridgehead atoms. The first-order valence-corrected chi connectivity index (χ1v) is 15.6. The molecule has 3 aromatic rings. The number of carbonyl (C=O) groups is 2. The van der Waals surface area contributed by atoms with E-state index in [4.69, 9.17) is 9.47 Å². The monoisotopic (exact) mass is 694 g/mol. The minimum absolute atomic E-state index is 0.0530. The highest BCUT2D eigenvalue weighted by atomic mass is 19.4. The van der Waals surface area contributed by atoms with E-state index in [-0.39, 0.29) is 51.7 Å². The molecule has 2 amide bonds. The maximum atomic E-state index is 15.6. The van der Waals surface area contributed by atoms with Crippen LogP contribution in [0.1, 0.15) is 46.0 Å². The summed E-state index contributed by atoms with van der Waals surface area (Å²) in [5.74, 6) is -0.638. The topological polar surface area (TPSA) is 110 Å². The fourth-order valence-electron chi connectivity index (χ4n) is 6.30. The van der Waals surface area contributed by atoms with Crippen molar-refractivity contribution in [3.63, 3.8) is 0 Å². The van der Waals surface area contributed by atoms with Crippen LogP contribution in [-0.4, -0.2) is 97.5 Å². The number of likely N-dealkylation sites (tertiary alicyclic amines) is 1. The van der Waals surface area contributed by atoms with Crippen molar-refractivity contribution in [1.29, 1.82) is 0 Å². The molecule has 0 unspecified atom stereocenters. The molecule has 2 aliphatic rings. The van der Waals surface area contributed by atoms with Gasteiger partial charge in [-0.05, 0) is 37.0 Å². The molecule has 0 radical (unpaired) electrons. The highest BCUT2D eigenvalue weighted by Crippen LogP contribution is 2.34. The van der Waals surface area contributed by atoms with E-state index >= 15 is 8.78 Å². The van der Waals surface area contributed by atoms with Crippen LogP contribution in [0.5, 0.6) is 5.75 Å². The lowest BCUT2D eigenvalue weighted by molar-refractivity contribution is -0.140. The molecular weight excluding hydrogens is 658 g/mol. The number of hydrogen-bond acceptors (Lipinski definition) is 7. The van der Waals surface area contributed by atoms with Gasteiger partial charge in [-0.3, -0.25) is 14.5 Å². The van der Waals surface area contributed by atoms with E-state index in [1.165, 1.54) is 32.4 Å². The Bertz CT molecular complexity index is 1760. The Balaban J connectivity index is 1.40. The van der Waals surface area contributed by atoms with E-state index in [1.807, 2.05) is 0 Å². The molecule has 2 saturated heterocycles. The summed E-state index contributed by atoms with van der Waals surface area (Å²) < 4.78 is 97.2. The molecule has 1 aromatic heterocycles. The number of nitrogens with one attached hydrogen (secondary N) is 3. The lowest BCUT2D eigenvalue weighted by atomic mass is 9.88. The molecule has 2 atom stereocenters. The van der Waals surface area contributed by atoms with E-state index in [2.05, 4.69) is 32.8 Å². The number of nitrogens with zero attached hydrogens (tertiary/aromatic N) is 3. The number of hydrogen-bond donors (Lipinski definition) is 3. The molecular formula is C33H36F6N6O4. The van der Waals surface area contributed by atoms with Gasteiger partial charge in [0.2, 0.25) is 0 Å². The number of fused-ring (bicyclic) bond motifs is 1. The van der Waals surface area contributed by atoms with Gasteiger partial charge in [0.1, 0.15) is 23.6 Å². The molecule has 0 aliphatic carbocycles. The summed E-state index contributed by atoms with van der Waals surface area (Å²) in [5.41, 5.74) is -0.312. The largest absolute Gasteiger partial charge is 0.495 e. The van der Waals surface area contributed by atoms with Crippen molar-refractivity contribution in [1.82, 2.24) is 25.1 Å². The molecule has 264 valence electrons. The fraction of sp³-hybridized carbons (Fsp3) is 0.485. The van der Waals surface area contributed by atoms with E-state index in [9.17, 15) is 27.2 Å². The Morgan fingerprint density at radius 1 is 1.12 bits per heavy atom. The minimum atomic E-state index is -4.61. The van der Waals surface area contributed by atoms with Crippen molar-refractivity contribution in [3.05, 3.63) is 53.1 Å². The fourth-order valence-corrected chi connectivity index (χ4v) is 6.30. The van der Waals surface area contributed by atoms with Gasteiger partial charge in [-0.1, -0.05) is 18.8 Å². The molecule has 0 spiro atoms. The maximum Gasteiger partial charge on any atom is 0.406 e. The zero-order valence-electron chi connectivity index (χ0n) is 27.0. The van der Waals surface area contributed by atoms with Crippen LogP contribution >= 0.6 is 0 Å². The summed E-state index contributed by atoms with van der Waals surface area (Å²) in [4.78, 5) is 31.3. The predicted molar refractivity (Wildman–Crippen MR) is 168 cm³/mol.